The van der Waals surface area contributed by atoms with Crippen LogP contribution >= 0.6 is 0 Å². The maximum atomic E-state index is 12.3. The summed E-state index contributed by atoms with van der Waals surface area (Å²) in [5, 5.41) is 16.4. The monoisotopic (exact) mass is 324 g/mol. The van der Waals surface area contributed by atoms with Crippen molar-refractivity contribution in [2.45, 2.75) is 77.0 Å². The molecule has 3 fully saturated rings. The van der Waals surface area contributed by atoms with Gasteiger partial charge in [-0.1, -0.05) is 20.3 Å². The molecule has 2 aliphatic carbocycles. The fourth-order valence-corrected chi connectivity index (χ4v) is 4.61. The summed E-state index contributed by atoms with van der Waals surface area (Å²) in [7, 11) is 0. The fraction of sp³-hybridized carbons (Fsp3) is 0.944. The van der Waals surface area contributed by atoms with Gasteiger partial charge in [0.25, 0.3) is 0 Å². The second kappa shape index (κ2) is 6.25. The van der Waals surface area contributed by atoms with Crippen LogP contribution in [0.25, 0.3) is 0 Å². The lowest BCUT2D eigenvalue weighted by molar-refractivity contribution is -0.172. The van der Waals surface area contributed by atoms with Gasteiger partial charge < -0.3 is 20.5 Å². The second-order valence-electron chi connectivity index (χ2n) is 8.56. The number of ether oxygens (including phenoxy) is 1. The maximum Gasteiger partial charge on any atom is 0.315 e. The lowest BCUT2D eigenvalue weighted by Gasteiger charge is -2.63. The van der Waals surface area contributed by atoms with Crippen molar-refractivity contribution in [3.8, 4) is 0 Å². The molecule has 0 radical (unpaired) electrons. The largest absolute Gasteiger partial charge is 0.388 e. The highest BCUT2D eigenvalue weighted by atomic mass is 16.5. The molecular formula is C18H32N2O3. The van der Waals surface area contributed by atoms with Gasteiger partial charge in [-0.05, 0) is 44.9 Å². The Morgan fingerprint density at radius 1 is 1.43 bits per heavy atom. The van der Waals surface area contributed by atoms with Gasteiger partial charge in [-0.2, -0.15) is 0 Å². The van der Waals surface area contributed by atoms with Gasteiger partial charge in [-0.3, -0.25) is 0 Å². The summed E-state index contributed by atoms with van der Waals surface area (Å²) >= 11 is 0. The molecule has 2 saturated carbocycles. The first-order valence-electron chi connectivity index (χ1n) is 9.22. The molecule has 5 heteroatoms. The molecule has 3 N–H and O–H groups in total. The van der Waals surface area contributed by atoms with Gasteiger partial charge in [0, 0.05) is 30.5 Å². The Labute approximate surface area is 139 Å². The van der Waals surface area contributed by atoms with Gasteiger partial charge in [0.1, 0.15) is 0 Å². The number of carbonyl (C=O) groups excluding carboxylic acids is 1. The van der Waals surface area contributed by atoms with Crippen LogP contribution < -0.4 is 10.6 Å². The molecule has 132 valence electrons. The summed E-state index contributed by atoms with van der Waals surface area (Å²) in [5.74, 6) is 1.05. The van der Waals surface area contributed by atoms with E-state index in [1.165, 1.54) is 19.3 Å². The molecule has 1 heterocycles. The number of hydrogen-bond donors (Lipinski definition) is 3. The third-order valence-electron chi connectivity index (χ3n) is 6.21. The van der Waals surface area contributed by atoms with Crippen molar-refractivity contribution in [1.29, 1.82) is 0 Å². The molecule has 0 aromatic rings. The van der Waals surface area contributed by atoms with Gasteiger partial charge >= 0.3 is 6.03 Å². The van der Waals surface area contributed by atoms with E-state index in [0.29, 0.717) is 30.9 Å². The average molecular weight is 324 g/mol. The second-order valence-corrected chi connectivity index (χ2v) is 8.56. The van der Waals surface area contributed by atoms with E-state index < -0.39 is 5.60 Å². The van der Waals surface area contributed by atoms with Gasteiger partial charge in [0.2, 0.25) is 0 Å². The van der Waals surface area contributed by atoms with Crippen molar-refractivity contribution >= 4 is 6.03 Å². The van der Waals surface area contributed by atoms with Crippen molar-refractivity contribution in [3.63, 3.8) is 0 Å². The number of carbonyl (C=O) groups is 1. The Hall–Kier alpha value is -0.810. The number of amides is 2. The quantitative estimate of drug-likeness (QED) is 0.703. The molecule has 0 aromatic heterocycles. The Morgan fingerprint density at radius 2 is 2.17 bits per heavy atom. The van der Waals surface area contributed by atoms with Gasteiger partial charge in [-0.15, -0.1) is 0 Å². The summed E-state index contributed by atoms with van der Waals surface area (Å²) in [4.78, 5) is 12.3. The Morgan fingerprint density at radius 3 is 2.78 bits per heavy atom. The Bertz CT molecular complexity index is 446. The van der Waals surface area contributed by atoms with Crippen LogP contribution in [0.3, 0.4) is 0 Å². The van der Waals surface area contributed by atoms with E-state index in [1.807, 2.05) is 0 Å². The van der Waals surface area contributed by atoms with E-state index >= 15 is 0 Å². The van der Waals surface area contributed by atoms with Crippen LogP contribution in [0.1, 0.15) is 59.3 Å². The zero-order valence-corrected chi connectivity index (χ0v) is 14.7. The predicted molar refractivity (Wildman–Crippen MR) is 89.1 cm³/mol. The van der Waals surface area contributed by atoms with Crippen molar-refractivity contribution in [3.05, 3.63) is 0 Å². The molecule has 1 aliphatic heterocycles. The Kier molecular flexibility index (Phi) is 4.62. The molecule has 1 saturated heterocycles. The van der Waals surface area contributed by atoms with Crippen LogP contribution in [0.15, 0.2) is 0 Å². The van der Waals surface area contributed by atoms with E-state index in [2.05, 4.69) is 24.5 Å². The summed E-state index contributed by atoms with van der Waals surface area (Å²) in [6.07, 6.45) is 6.69. The summed E-state index contributed by atoms with van der Waals surface area (Å²) < 4.78 is 5.88. The van der Waals surface area contributed by atoms with Crippen molar-refractivity contribution in [2.24, 2.45) is 17.3 Å². The summed E-state index contributed by atoms with van der Waals surface area (Å²) in [5.41, 5.74) is -0.632. The minimum Gasteiger partial charge on any atom is -0.388 e. The van der Waals surface area contributed by atoms with Gasteiger partial charge in [0.15, 0.2) is 0 Å². The van der Waals surface area contributed by atoms with Crippen LogP contribution in [0.2, 0.25) is 0 Å². The first kappa shape index (κ1) is 17.0. The smallest absolute Gasteiger partial charge is 0.315 e. The minimum atomic E-state index is -0.839. The first-order chi connectivity index (χ1) is 10.8. The third-order valence-corrected chi connectivity index (χ3v) is 6.21. The molecule has 4 unspecified atom stereocenters. The van der Waals surface area contributed by atoms with E-state index in [1.54, 1.807) is 6.92 Å². The highest BCUT2D eigenvalue weighted by Crippen LogP contribution is 2.62. The van der Waals surface area contributed by atoms with E-state index in [9.17, 15) is 9.90 Å². The molecule has 0 aromatic carbocycles. The lowest BCUT2D eigenvalue weighted by Crippen LogP contribution is -2.72. The zero-order chi connectivity index (χ0) is 16.7. The minimum absolute atomic E-state index is 0.142. The maximum absolute atomic E-state index is 12.3. The summed E-state index contributed by atoms with van der Waals surface area (Å²) in [6.45, 7) is 7.22. The molecule has 1 spiro atoms. The van der Waals surface area contributed by atoms with Gasteiger partial charge in [0.05, 0.1) is 11.7 Å². The van der Waals surface area contributed by atoms with Crippen molar-refractivity contribution < 1.29 is 14.6 Å². The normalized spacial score (nSPS) is 33.5. The summed E-state index contributed by atoms with van der Waals surface area (Å²) in [6, 6.07) is 0.112. The number of hydrogen-bond acceptors (Lipinski definition) is 3. The number of fused-ring (bicyclic) bond motifs is 2. The zero-order valence-electron chi connectivity index (χ0n) is 14.7. The molecule has 4 atom stereocenters. The van der Waals surface area contributed by atoms with Crippen LogP contribution in [0, 0.1) is 17.3 Å². The van der Waals surface area contributed by atoms with Crippen LogP contribution in [0.4, 0.5) is 4.79 Å². The number of aliphatic hydroxyl groups is 1. The molecule has 3 rings (SSSR count). The fourth-order valence-electron chi connectivity index (χ4n) is 4.61. The van der Waals surface area contributed by atoms with Crippen molar-refractivity contribution in [2.75, 3.05) is 13.2 Å². The standard InChI is InChI=1S/C18H32N2O3/c1-12(2)5-9-17(3,22)11-19-16(21)20-14-13-6-10-23-15(13)18(14)7-4-8-18/h12-15,22H,4-11H2,1-3H3,(H2,19,20,21). The molecule has 2 amide bonds. The molecule has 23 heavy (non-hydrogen) atoms. The highest BCUT2D eigenvalue weighted by Gasteiger charge is 2.66. The first-order valence-corrected chi connectivity index (χ1v) is 9.22. The number of urea groups is 1. The molecule has 0 bridgehead atoms. The number of nitrogens with one attached hydrogen (secondary N) is 2. The van der Waals surface area contributed by atoms with Crippen LogP contribution in [-0.4, -0.2) is 42.0 Å². The Balaban J connectivity index is 1.46. The highest BCUT2D eigenvalue weighted by molar-refractivity contribution is 5.74. The number of rotatable bonds is 6. The topological polar surface area (TPSA) is 70.6 Å². The SMILES string of the molecule is CC(C)CCC(C)(O)CNC(=O)NC1C2CCOC2C12CCC2. The average Bonchev–Trinajstić information content (AvgIpc) is 2.84. The van der Waals surface area contributed by atoms with Gasteiger partial charge in [-0.25, -0.2) is 4.79 Å². The van der Waals surface area contributed by atoms with E-state index in [-0.39, 0.29) is 17.5 Å². The molecule has 3 aliphatic rings. The van der Waals surface area contributed by atoms with Crippen molar-refractivity contribution in [1.82, 2.24) is 10.6 Å². The predicted octanol–water partition coefficient (Wildman–Crippen LogP) is 2.43. The third kappa shape index (κ3) is 3.22. The van der Waals surface area contributed by atoms with E-state index in [0.717, 1.165) is 19.4 Å². The molecular weight excluding hydrogens is 292 g/mol. The van der Waals surface area contributed by atoms with E-state index in [4.69, 9.17) is 4.74 Å². The van der Waals surface area contributed by atoms with Crippen LogP contribution in [-0.2, 0) is 4.74 Å². The molecule has 5 nitrogen and oxygen atoms in total. The lowest BCUT2D eigenvalue weighted by atomic mass is 9.46. The van der Waals surface area contributed by atoms with Crippen LogP contribution in [0.5, 0.6) is 0 Å².